The van der Waals surface area contributed by atoms with Gasteiger partial charge in [0.05, 0.1) is 4.47 Å². The largest absolute Gasteiger partial charge is 0.333 e. The van der Waals surface area contributed by atoms with Crippen LogP contribution in [-0.2, 0) is 0 Å². The number of hydrogen-bond acceptors (Lipinski definition) is 2. The minimum absolute atomic E-state index is 0.109. The second-order valence-corrected chi connectivity index (χ2v) is 5.60. The fourth-order valence-corrected chi connectivity index (χ4v) is 2.35. The molecule has 18 heavy (non-hydrogen) atoms. The van der Waals surface area contributed by atoms with Gasteiger partial charge in [0.25, 0.3) is 5.91 Å². The Balaban J connectivity index is 2.21. The summed E-state index contributed by atoms with van der Waals surface area (Å²) < 4.78 is 13.8. The highest BCUT2D eigenvalue weighted by Crippen LogP contribution is 2.19. The van der Waals surface area contributed by atoms with Crippen LogP contribution in [0.25, 0.3) is 0 Å². The van der Waals surface area contributed by atoms with Crippen molar-refractivity contribution >= 4 is 21.8 Å². The summed E-state index contributed by atoms with van der Waals surface area (Å²) in [6, 6.07) is 4.89. The zero-order chi connectivity index (χ0) is 13.3. The van der Waals surface area contributed by atoms with Crippen LogP contribution in [0.15, 0.2) is 22.7 Å². The Morgan fingerprint density at radius 1 is 1.50 bits per heavy atom. The smallest absolute Gasteiger partial charge is 0.254 e. The van der Waals surface area contributed by atoms with Crippen LogP contribution in [0.2, 0.25) is 0 Å². The summed E-state index contributed by atoms with van der Waals surface area (Å²) in [6.07, 6.45) is 0. The Labute approximate surface area is 114 Å². The number of carbonyl (C=O) groups is 1. The minimum atomic E-state index is -0.406. The van der Waals surface area contributed by atoms with Crippen LogP contribution in [0.4, 0.5) is 4.39 Å². The van der Waals surface area contributed by atoms with Gasteiger partial charge in [-0.05, 0) is 48.0 Å². The van der Waals surface area contributed by atoms with E-state index in [1.165, 1.54) is 6.07 Å². The first-order valence-corrected chi connectivity index (χ1v) is 6.77. The number of carbonyl (C=O) groups excluding carboxylic acids is 1. The second kappa shape index (κ2) is 5.36. The maximum absolute atomic E-state index is 13.5. The van der Waals surface area contributed by atoms with Crippen LogP contribution in [0.5, 0.6) is 0 Å². The summed E-state index contributed by atoms with van der Waals surface area (Å²) >= 11 is 3.09. The van der Waals surface area contributed by atoms with E-state index in [0.717, 1.165) is 6.54 Å². The molecule has 1 saturated heterocycles. The van der Waals surface area contributed by atoms with Gasteiger partial charge >= 0.3 is 0 Å². The molecule has 0 aromatic heterocycles. The highest BCUT2D eigenvalue weighted by atomic mass is 79.9. The highest BCUT2D eigenvalue weighted by Gasteiger charge is 2.27. The van der Waals surface area contributed by atoms with Crippen molar-refractivity contribution in [2.75, 3.05) is 13.1 Å². The van der Waals surface area contributed by atoms with E-state index in [2.05, 4.69) is 21.2 Å². The first-order valence-electron chi connectivity index (χ1n) is 5.98. The molecule has 5 heteroatoms. The molecular weight excluding hydrogens is 299 g/mol. The maximum Gasteiger partial charge on any atom is 0.254 e. The molecule has 0 aliphatic carbocycles. The molecule has 0 bridgehead atoms. The Morgan fingerprint density at radius 2 is 2.22 bits per heavy atom. The highest BCUT2D eigenvalue weighted by molar-refractivity contribution is 9.10. The van der Waals surface area contributed by atoms with Crippen molar-refractivity contribution in [3.63, 3.8) is 0 Å². The number of rotatable bonds is 1. The summed E-state index contributed by atoms with van der Waals surface area (Å²) in [5.74, 6) is -0.515. The van der Waals surface area contributed by atoms with Crippen molar-refractivity contribution in [3.05, 3.63) is 34.1 Å². The fourth-order valence-electron chi connectivity index (χ4n) is 2.10. The van der Waals surface area contributed by atoms with Crippen molar-refractivity contribution in [2.45, 2.75) is 25.9 Å². The minimum Gasteiger partial charge on any atom is -0.333 e. The predicted octanol–water partition coefficient (Wildman–Crippen LogP) is 2.41. The van der Waals surface area contributed by atoms with Crippen LogP contribution in [0.3, 0.4) is 0 Å². The van der Waals surface area contributed by atoms with E-state index in [9.17, 15) is 9.18 Å². The van der Waals surface area contributed by atoms with Crippen molar-refractivity contribution in [1.82, 2.24) is 10.2 Å². The second-order valence-electron chi connectivity index (χ2n) is 4.74. The normalized spacial score (nSPS) is 24.1. The molecule has 1 aliphatic heterocycles. The van der Waals surface area contributed by atoms with Crippen LogP contribution in [-0.4, -0.2) is 36.0 Å². The zero-order valence-corrected chi connectivity index (χ0v) is 12.0. The van der Waals surface area contributed by atoms with E-state index in [0.29, 0.717) is 16.6 Å². The van der Waals surface area contributed by atoms with Gasteiger partial charge in [-0.2, -0.15) is 0 Å². The monoisotopic (exact) mass is 314 g/mol. The van der Waals surface area contributed by atoms with Crippen LogP contribution in [0.1, 0.15) is 24.2 Å². The quantitative estimate of drug-likeness (QED) is 0.863. The fraction of sp³-hybridized carbons (Fsp3) is 0.462. The Morgan fingerprint density at radius 3 is 2.89 bits per heavy atom. The van der Waals surface area contributed by atoms with Gasteiger partial charge in [0.1, 0.15) is 5.82 Å². The summed E-state index contributed by atoms with van der Waals surface area (Å²) in [6.45, 7) is 5.45. The molecule has 1 aromatic carbocycles. The van der Waals surface area contributed by atoms with E-state index in [1.807, 2.05) is 13.8 Å². The molecule has 1 aliphatic rings. The topological polar surface area (TPSA) is 32.3 Å². The average Bonchev–Trinajstić information content (AvgIpc) is 2.35. The molecule has 1 amide bonds. The molecule has 2 rings (SSSR count). The van der Waals surface area contributed by atoms with Gasteiger partial charge in [-0.25, -0.2) is 4.39 Å². The molecule has 1 heterocycles. The van der Waals surface area contributed by atoms with Gasteiger partial charge in [-0.1, -0.05) is 0 Å². The maximum atomic E-state index is 13.5. The van der Waals surface area contributed by atoms with Crippen LogP contribution >= 0.6 is 15.9 Å². The molecule has 0 saturated carbocycles. The molecule has 1 fully saturated rings. The molecule has 0 spiro atoms. The van der Waals surface area contributed by atoms with Gasteiger partial charge in [-0.3, -0.25) is 4.79 Å². The van der Waals surface area contributed by atoms with Crippen LogP contribution < -0.4 is 5.32 Å². The molecule has 0 radical (unpaired) electrons. The Bertz CT molecular complexity index is 466. The summed E-state index contributed by atoms with van der Waals surface area (Å²) in [7, 11) is 0. The number of halogens is 2. The van der Waals surface area contributed by atoms with E-state index in [4.69, 9.17) is 0 Å². The van der Waals surface area contributed by atoms with Gasteiger partial charge in [-0.15, -0.1) is 0 Å². The lowest BCUT2D eigenvalue weighted by atomic mass is 10.1. The summed E-state index contributed by atoms with van der Waals surface area (Å²) in [5.41, 5.74) is 0.400. The third-order valence-electron chi connectivity index (χ3n) is 3.19. The lowest BCUT2D eigenvalue weighted by Crippen LogP contribution is -2.56. The van der Waals surface area contributed by atoms with E-state index < -0.39 is 5.82 Å². The lowest BCUT2D eigenvalue weighted by Gasteiger charge is -2.37. The third kappa shape index (κ3) is 2.72. The van der Waals surface area contributed by atoms with Gasteiger partial charge < -0.3 is 10.2 Å². The van der Waals surface area contributed by atoms with Crippen molar-refractivity contribution in [1.29, 1.82) is 0 Å². The standard InChI is InChI=1S/C13H16BrFN2O/c1-8-7-17(9(2)6-16-8)13(18)10-3-4-11(14)12(15)5-10/h3-5,8-9,16H,6-7H2,1-2H3. The van der Waals surface area contributed by atoms with Gasteiger partial charge in [0.15, 0.2) is 0 Å². The number of piperazine rings is 1. The first kappa shape index (κ1) is 13.5. The SMILES string of the molecule is CC1CN(C(=O)c2ccc(Br)c(F)c2)C(C)CN1. The summed E-state index contributed by atoms with van der Waals surface area (Å²) in [4.78, 5) is 14.1. The van der Waals surface area contributed by atoms with E-state index in [1.54, 1.807) is 17.0 Å². The Hall–Kier alpha value is -0.940. The molecule has 3 nitrogen and oxygen atoms in total. The number of hydrogen-bond donors (Lipinski definition) is 1. The third-order valence-corrected chi connectivity index (χ3v) is 3.83. The van der Waals surface area contributed by atoms with Crippen molar-refractivity contribution < 1.29 is 9.18 Å². The molecule has 1 N–H and O–H groups in total. The van der Waals surface area contributed by atoms with E-state index in [-0.39, 0.29) is 18.0 Å². The van der Waals surface area contributed by atoms with Gasteiger partial charge in [0.2, 0.25) is 0 Å². The average molecular weight is 315 g/mol. The van der Waals surface area contributed by atoms with Gasteiger partial charge in [0, 0.05) is 30.7 Å². The molecule has 2 atom stereocenters. The Kier molecular flexibility index (Phi) is 4.02. The number of nitrogens with zero attached hydrogens (tertiary/aromatic N) is 1. The number of amides is 1. The van der Waals surface area contributed by atoms with Crippen molar-refractivity contribution in [2.24, 2.45) is 0 Å². The number of benzene rings is 1. The molecular formula is C13H16BrFN2O. The number of nitrogens with one attached hydrogen (secondary N) is 1. The first-order chi connectivity index (χ1) is 8.49. The molecule has 1 aromatic rings. The predicted molar refractivity (Wildman–Crippen MR) is 72.1 cm³/mol. The van der Waals surface area contributed by atoms with Crippen LogP contribution in [0, 0.1) is 5.82 Å². The zero-order valence-electron chi connectivity index (χ0n) is 10.4. The lowest BCUT2D eigenvalue weighted by molar-refractivity contribution is 0.0616. The van der Waals surface area contributed by atoms with Crippen molar-refractivity contribution in [3.8, 4) is 0 Å². The molecule has 2 unspecified atom stereocenters. The summed E-state index contributed by atoms with van der Waals surface area (Å²) in [5, 5.41) is 3.31. The molecule has 98 valence electrons. The van der Waals surface area contributed by atoms with E-state index >= 15 is 0 Å².